The molecule has 1 aliphatic heterocycles. The van der Waals surface area contributed by atoms with Crippen LogP contribution in [0.25, 0.3) is 0 Å². The number of rotatable bonds is 5. The monoisotopic (exact) mass is 282 g/mol. The lowest BCUT2D eigenvalue weighted by molar-refractivity contribution is 0.582. The van der Waals surface area contributed by atoms with Gasteiger partial charge < -0.3 is 5.32 Å². The molecular formula is C14H22N2O2S. The Bertz CT molecular complexity index is 503. The van der Waals surface area contributed by atoms with Gasteiger partial charge in [-0.2, -0.15) is 0 Å². The Morgan fingerprint density at radius 1 is 1.32 bits per heavy atom. The number of sulfonamides is 1. The fourth-order valence-corrected chi connectivity index (χ4v) is 3.71. The fraction of sp³-hybridized carbons (Fsp3) is 0.571. The maximum absolute atomic E-state index is 12.0. The van der Waals surface area contributed by atoms with Crippen LogP contribution in [0.3, 0.4) is 0 Å². The van der Waals surface area contributed by atoms with Crippen molar-refractivity contribution >= 4 is 15.7 Å². The highest BCUT2D eigenvalue weighted by molar-refractivity contribution is 7.92. The van der Waals surface area contributed by atoms with Crippen molar-refractivity contribution in [1.82, 2.24) is 5.32 Å². The summed E-state index contributed by atoms with van der Waals surface area (Å²) >= 11 is 0. The minimum atomic E-state index is -3.26. The molecule has 2 rings (SSSR count). The average Bonchev–Trinajstić information content (AvgIpc) is 2.81. The van der Waals surface area contributed by atoms with Crippen molar-refractivity contribution in [2.24, 2.45) is 0 Å². The van der Waals surface area contributed by atoms with Crippen molar-refractivity contribution < 1.29 is 8.42 Å². The molecular weight excluding hydrogens is 260 g/mol. The topological polar surface area (TPSA) is 58.2 Å². The number of hydrogen-bond acceptors (Lipinski definition) is 3. The van der Waals surface area contributed by atoms with E-state index in [1.807, 2.05) is 24.3 Å². The third kappa shape index (κ3) is 4.21. The zero-order valence-electron chi connectivity index (χ0n) is 11.5. The zero-order valence-corrected chi connectivity index (χ0v) is 12.3. The van der Waals surface area contributed by atoms with Gasteiger partial charge in [-0.3, -0.25) is 4.72 Å². The van der Waals surface area contributed by atoms with Crippen LogP contribution in [0.5, 0.6) is 0 Å². The van der Waals surface area contributed by atoms with Crippen LogP contribution in [0.2, 0.25) is 0 Å². The first-order valence-corrected chi connectivity index (χ1v) is 8.45. The van der Waals surface area contributed by atoms with Crippen molar-refractivity contribution in [3.63, 3.8) is 0 Å². The quantitative estimate of drug-likeness (QED) is 0.871. The Morgan fingerprint density at radius 2 is 2.00 bits per heavy atom. The Morgan fingerprint density at radius 3 is 2.53 bits per heavy atom. The fourth-order valence-electron chi connectivity index (χ4n) is 2.32. The molecule has 0 aliphatic carbocycles. The van der Waals surface area contributed by atoms with E-state index < -0.39 is 10.0 Å². The van der Waals surface area contributed by atoms with Crippen LogP contribution in [-0.2, 0) is 10.0 Å². The first kappa shape index (κ1) is 14.3. The number of anilines is 1. The molecule has 1 atom stereocenters. The van der Waals surface area contributed by atoms with Crippen molar-refractivity contribution in [2.45, 2.75) is 38.6 Å². The predicted octanol–water partition coefficient (Wildman–Crippen LogP) is 2.30. The predicted molar refractivity (Wildman–Crippen MR) is 79.0 cm³/mol. The number of benzene rings is 1. The van der Waals surface area contributed by atoms with E-state index in [2.05, 4.69) is 23.9 Å². The molecule has 0 saturated carbocycles. The molecule has 1 fully saturated rings. The Kier molecular flexibility index (Phi) is 4.47. The van der Waals surface area contributed by atoms with Crippen LogP contribution >= 0.6 is 0 Å². The third-order valence-corrected chi connectivity index (χ3v) is 4.82. The summed E-state index contributed by atoms with van der Waals surface area (Å²) in [5, 5.41) is 3.20. The summed E-state index contributed by atoms with van der Waals surface area (Å²) in [6.45, 7) is 5.15. The van der Waals surface area contributed by atoms with E-state index in [0.717, 1.165) is 19.4 Å². The van der Waals surface area contributed by atoms with E-state index in [9.17, 15) is 8.42 Å². The minimum absolute atomic E-state index is 0.0902. The molecule has 2 N–H and O–H groups in total. The summed E-state index contributed by atoms with van der Waals surface area (Å²) in [4.78, 5) is 0. The molecule has 0 aromatic heterocycles. The van der Waals surface area contributed by atoms with Gasteiger partial charge in [-0.15, -0.1) is 0 Å². The van der Waals surface area contributed by atoms with Gasteiger partial charge in [0, 0.05) is 11.7 Å². The van der Waals surface area contributed by atoms with Gasteiger partial charge in [0.2, 0.25) is 10.0 Å². The highest BCUT2D eigenvalue weighted by Gasteiger charge is 2.21. The number of hydrogen-bond donors (Lipinski definition) is 2. The van der Waals surface area contributed by atoms with E-state index in [1.54, 1.807) is 0 Å². The van der Waals surface area contributed by atoms with Gasteiger partial charge in [0.15, 0.2) is 0 Å². The van der Waals surface area contributed by atoms with Gasteiger partial charge in [-0.05, 0) is 43.0 Å². The highest BCUT2D eigenvalue weighted by atomic mass is 32.2. The van der Waals surface area contributed by atoms with Gasteiger partial charge in [-0.25, -0.2) is 8.42 Å². The zero-order chi connectivity index (χ0) is 13.9. The van der Waals surface area contributed by atoms with Crippen LogP contribution in [0.1, 0.15) is 38.2 Å². The summed E-state index contributed by atoms with van der Waals surface area (Å²) in [5.41, 5.74) is 1.85. The van der Waals surface area contributed by atoms with E-state index in [4.69, 9.17) is 0 Å². The molecule has 1 unspecified atom stereocenters. The summed E-state index contributed by atoms with van der Waals surface area (Å²) in [6, 6.07) is 7.68. The second kappa shape index (κ2) is 5.92. The van der Waals surface area contributed by atoms with Gasteiger partial charge in [0.05, 0.1) is 5.75 Å². The Labute approximate surface area is 115 Å². The first-order chi connectivity index (χ1) is 8.96. The molecule has 1 aromatic rings. The van der Waals surface area contributed by atoms with Crippen molar-refractivity contribution in [1.29, 1.82) is 0 Å². The molecule has 106 valence electrons. The molecule has 1 heterocycles. The summed E-state index contributed by atoms with van der Waals surface area (Å²) in [7, 11) is -3.26. The maximum atomic E-state index is 12.0. The van der Waals surface area contributed by atoms with Crippen molar-refractivity contribution in [3.05, 3.63) is 29.8 Å². The second-order valence-electron chi connectivity index (χ2n) is 5.45. The summed E-state index contributed by atoms with van der Waals surface area (Å²) in [5.74, 6) is 0.604. The SMILES string of the molecule is CC(C)c1ccc(NS(=O)(=O)CC2CCCN2)cc1. The van der Waals surface area contributed by atoms with Crippen LogP contribution in [0, 0.1) is 0 Å². The lowest BCUT2D eigenvalue weighted by Gasteiger charge is -2.13. The first-order valence-electron chi connectivity index (χ1n) is 6.80. The van der Waals surface area contributed by atoms with Crippen molar-refractivity contribution in [2.75, 3.05) is 17.0 Å². The summed E-state index contributed by atoms with van der Waals surface area (Å²) in [6.07, 6.45) is 2.00. The van der Waals surface area contributed by atoms with Crippen LogP contribution in [0.4, 0.5) is 5.69 Å². The van der Waals surface area contributed by atoms with Gasteiger partial charge >= 0.3 is 0 Å². The van der Waals surface area contributed by atoms with E-state index in [0.29, 0.717) is 11.6 Å². The highest BCUT2D eigenvalue weighted by Crippen LogP contribution is 2.18. The van der Waals surface area contributed by atoms with Gasteiger partial charge in [0.25, 0.3) is 0 Å². The van der Waals surface area contributed by atoms with E-state index in [-0.39, 0.29) is 11.8 Å². The minimum Gasteiger partial charge on any atom is -0.313 e. The van der Waals surface area contributed by atoms with Crippen LogP contribution < -0.4 is 10.0 Å². The maximum Gasteiger partial charge on any atom is 0.234 e. The standard InChI is InChI=1S/C14H22N2O2S/c1-11(2)12-5-7-13(8-6-12)16-19(17,18)10-14-4-3-9-15-14/h5-8,11,14-16H,3-4,9-10H2,1-2H3. The molecule has 0 radical (unpaired) electrons. The molecule has 1 aliphatic rings. The van der Waals surface area contributed by atoms with Gasteiger partial charge in [0.1, 0.15) is 0 Å². The van der Waals surface area contributed by atoms with Gasteiger partial charge in [-0.1, -0.05) is 26.0 Å². The molecule has 1 saturated heterocycles. The smallest absolute Gasteiger partial charge is 0.234 e. The Balaban J connectivity index is 1.98. The largest absolute Gasteiger partial charge is 0.313 e. The van der Waals surface area contributed by atoms with E-state index >= 15 is 0 Å². The molecule has 5 heteroatoms. The Hall–Kier alpha value is -1.07. The molecule has 4 nitrogen and oxygen atoms in total. The lowest BCUT2D eigenvalue weighted by atomic mass is 10.0. The van der Waals surface area contributed by atoms with Crippen LogP contribution in [-0.4, -0.2) is 26.8 Å². The molecule has 19 heavy (non-hydrogen) atoms. The van der Waals surface area contributed by atoms with E-state index in [1.165, 1.54) is 5.56 Å². The lowest BCUT2D eigenvalue weighted by Crippen LogP contribution is -2.32. The van der Waals surface area contributed by atoms with Crippen molar-refractivity contribution in [3.8, 4) is 0 Å². The summed E-state index contributed by atoms with van der Waals surface area (Å²) < 4.78 is 26.7. The number of nitrogens with one attached hydrogen (secondary N) is 2. The molecule has 1 aromatic carbocycles. The average molecular weight is 282 g/mol. The molecule has 0 spiro atoms. The molecule has 0 amide bonds. The second-order valence-corrected chi connectivity index (χ2v) is 7.22. The molecule has 0 bridgehead atoms. The third-order valence-electron chi connectivity index (χ3n) is 3.43. The van der Waals surface area contributed by atoms with Crippen LogP contribution in [0.15, 0.2) is 24.3 Å². The normalized spacial score (nSPS) is 19.8.